The van der Waals surface area contributed by atoms with Crippen molar-refractivity contribution in [2.75, 3.05) is 25.1 Å². The molecule has 1 aromatic rings. The molecule has 0 aliphatic heterocycles. The molecule has 0 amide bonds. The predicted molar refractivity (Wildman–Crippen MR) is 75.3 cm³/mol. The van der Waals surface area contributed by atoms with Gasteiger partial charge in [-0.2, -0.15) is 11.8 Å². The summed E-state index contributed by atoms with van der Waals surface area (Å²) in [5.41, 5.74) is 1.24. The van der Waals surface area contributed by atoms with Crippen molar-refractivity contribution in [3.8, 4) is 0 Å². The number of likely N-dealkylation sites (N-methyl/N-ethyl adjacent to an activating group) is 1. The van der Waals surface area contributed by atoms with E-state index in [1.165, 1.54) is 29.9 Å². The maximum Gasteiger partial charge on any atom is 0.123 e. The summed E-state index contributed by atoms with van der Waals surface area (Å²) >= 11 is 1.99. The van der Waals surface area contributed by atoms with Crippen molar-refractivity contribution in [2.45, 2.75) is 25.7 Å². The highest BCUT2D eigenvalue weighted by molar-refractivity contribution is 7.99. The third-order valence-electron chi connectivity index (χ3n) is 2.84. The smallest absolute Gasteiger partial charge is 0.123 e. The Balaban J connectivity index is 2.49. The number of hydrogen-bond donors (Lipinski definition) is 1. The van der Waals surface area contributed by atoms with Gasteiger partial charge in [0.25, 0.3) is 0 Å². The molecule has 0 saturated heterocycles. The van der Waals surface area contributed by atoms with E-state index in [1.807, 2.05) is 30.9 Å². The second kappa shape index (κ2) is 8.54. The summed E-state index contributed by atoms with van der Waals surface area (Å²) in [5.74, 6) is 2.75. The molecule has 0 saturated carbocycles. The van der Waals surface area contributed by atoms with Crippen LogP contribution in [0.5, 0.6) is 0 Å². The van der Waals surface area contributed by atoms with Crippen LogP contribution in [0.25, 0.3) is 0 Å². The maximum absolute atomic E-state index is 12.9. The lowest BCUT2D eigenvalue weighted by molar-refractivity contribution is 0.575. The minimum absolute atomic E-state index is 0.154. The van der Waals surface area contributed by atoms with Crippen LogP contribution in [0, 0.1) is 5.82 Å². The van der Waals surface area contributed by atoms with Gasteiger partial charge in [-0.15, -0.1) is 0 Å². The van der Waals surface area contributed by atoms with Gasteiger partial charge in [0.2, 0.25) is 0 Å². The molecule has 17 heavy (non-hydrogen) atoms. The van der Waals surface area contributed by atoms with Crippen LogP contribution in [0.3, 0.4) is 0 Å². The van der Waals surface area contributed by atoms with Crippen LogP contribution in [0.2, 0.25) is 0 Å². The van der Waals surface area contributed by atoms with Gasteiger partial charge >= 0.3 is 0 Å². The van der Waals surface area contributed by atoms with Gasteiger partial charge in [-0.3, -0.25) is 0 Å². The molecule has 1 aromatic carbocycles. The Bertz CT molecular complexity index is 300. The monoisotopic (exact) mass is 255 g/mol. The first kappa shape index (κ1) is 14.5. The molecular weight excluding hydrogens is 233 g/mol. The van der Waals surface area contributed by atoms with Gasteiger partial charge < -0.3 is 5.32 Å². The zero-order chi connectivity index (χ0) is 12.5. The van der Waals surface area contributed by atoms with Crippen molar-refractivity contribution >= 4 is 11.8 Å². The number of hydrogen-bond acceptors (Lipinski definition) is 2. The molecule has 1 rings (SSSR count). The number of nitrogens with one attached hydrogen (secondary N) is 1. The average Bonchev–Trinajstić information content (AvgIpc) is 2.34. The van der Waals surface area contributed by atoms with E-state index in [-0.39, 0.29) is 5.82 Å². The molecule has 0 aliphatic carbocycles. The Kier molecular flexibility index (Phi) is 7.29. The molecule has 3 heteroatoms. The van der Waals surface area contributed by atoms with Gasteiger partial charge in [0.05, 0.1) is 0 Å². The minimum Gasteiger partial charge on any atom is -0.319 e. The van der Waals surface area contributed by atoms with Crippen molar-refractivity contribution in [1.29, 1.82) is 0 Å². The third-order valence-corrected chi connectivity index (χ3v) is 3.82. The Labute approximate surface area is 108 Å². The average molecular weight is 255 g/mol. The number of halogens is 1. The molecular formula is C14H22FNS. The van der Waals surface area contributed by atoms with Gasteiger partial charge in [-0.1, -0.05) is 19.1 Å². The molecule has 0 aliphatic rings. The van der Waals surface area contributed by atoms with E-state index < -0.39 is 0 Å². The van der Waals surface area contributed by atoms with Gasteiger partial charge in [-0.05, 0) is 55.0 Å². The number of rotatable bonds is 8. The van der Waals surface area contributed by atoms with Crippen LogP contribution in [0.4, 0.5) is 4.39 Å². The molecule has 1 nitrogen and oxygen atoms in total. The van der Waals surface area contributed by atoms with Crippen LogP contribution in [0.15, 0.2) is 24.3 Å². The van der Waals surface area contributed by atoms with Crippen LogP contribution >= 0.6 is 11.8 Å². The normalized spacial score (nSPS) is 12.6. The first-order valence-corrected chi connectivity index (χ1v) is 7.41. The summed E-state index contributed by atoms with van der Waals surface area (Å²) in [6, 6.07) is 6.92. The molecule has 0 spiro atoms. The molecule has 96 valence electrons. The molecule has 0 fully saturated rings. The van der Waals surface area contributed by atoms with E-state index in [2.05, 4.69) is 12.2 Å². The summed E-state index contributed by atoms with van der Waals surface area (Å²) in [5, 5.41) is 3.22. The highest BCUT2D eigenvalue weighted by Gasteiger charge is 2.10. The van der Waals surface area contributed by atoms with E-state index in [1.54, 1.807) is 12.1 Å². The molecule has 1 atom stereocenters. The molecule has 1 N–H and O–H groups in total. The van der Waals surface area contributed by atoms with Crippen LogP contribution in [-0.4, -0.2) is 25.1 Å². The summed E-state index contributed by atoms with van der Waals surface area (Å²) in [6.07, 6.45) is 2.39. The fourth-order valence-corrected chi connectivity index (χ4v) is 2.60. The number of benzene rings is 1. The Morgan fingerprint density at radius 3 is 2.59 bits per heavy atom. The number of thioether (sulfide) groups is 1. The standard InChI is InChI=1S/C14H22FNS/c1-3-17-10-4-5-13(11-16-2)12-6-8-14(15)9-7-12/h6-9,13,16H,3-5,10-11H2,1-2H3. The fraction of sp³-hybridized carbons (Fsp3) is 0.571. The lowest BCUT2D eigenvalue weighted by Gasteiger charge is -2.16. The first-order chi connectivity index (χ1) is 8.27. The highest BCUT2D eigenvalue weighted by atomic mass is 32.2. The molecule has 0 radical (unpaired) electrons. The second-order valence-corrected chi connectivity index (χ2v) is 5.54. The van der Waals surface area contributed by atoms with Gasteiger partial charge in [-0.25, -0.2) is 4.39 Å². The second-order valence-electron chi connectivity index (χ2n) is 4.15. The zero-order valence-corrected chi connectivity index (χ0v) is 11.5. The van der Waals surface area contributed by atoms with Crippen molar-refractivity contribution in [3.63, 3.8) is 0 Å². The van der Waals surface area contributed by atoms with Crippen molar-refractivity contribution in [2.24, 2.45) is 0 Å². The quantitative estimate of drug-likeness (QED) is 0.711. The molecule has 1 unspecified atom stereocenters. The summed E-state index contributed by atoms with van der Waals surface area (Å²) < 4.78 is 12.9. The topological polar surface area (TPSA) is 12.0 Å². The van der Waals surface area contributed by atoms with E-state index in [0.29, 0.717) is 5.92 Å². The fourth-order valence-electron chi connectivity index (χ4n) is 1.94. The lowest BCUT2D eigenvalue weighted by Crippen LogP contribution is -2.17. The van der Waals surface area contributed by atoms with Gasteiger partial charge in [0, 0.05) is 6.54 Å². The van der Waals surface area contributed by atoms with Crippen LogP contribution < -0.4 is 5.32 Å². The van der Waals surface area contributed by atoms with E-state index in [4.69, 9.17) is 0 Å². The Morgan fingerprint density at radius 2 is 2.00 bits per heavy atom. The summed E-state index contributed by atoms with van der Waals surface area (Å²) in [6.45, 7) is 3.15. The highest BCUT2D eigenvalue weighted by Crippen LogP contribution is 2.22. The van der Waals surface area contributed by atoms with E-state index in [0.717, 1.165) is 6.54 Å². The largest absolute Gasteiger partial charge is 0.319 e. The zero-order valence-electron chi connectivity index (χ0n) is 10.7. The Hall–Kier alpha value is -0.540. The minimum atomic E-state index is -0.154. The molecule has 0 bridgehead atoms. The van der Waals surface area contributed by atoms with Crippen molar-refractivity contribution < 1.29 is 4.39 Å². The van der Waals surface area contributed by atoms with Crippen molar-refractivity contribution in [1.82, 2.24) is 5.32 Å². The van der Waals surface area contributed by atoms with E-state index in [9.17, 15) is 4.39 Å². The van der Waals surface area contributed by atoms with E-state index >= 15 is 0 Å². The Morgan fingerprint density at radius 1 is 1.29 bits per heavy atom. The van der Waals surface area contributed by atoms with Crippen molar-refractivity contribution in [3.05, 3.63) is 35.6 Å². The van der Waals surface area contributed by atoms with Crippen LogP contribution in [-0.2, 0) is 0 Å². The third kappa shape index (κ3) is 5.55. The lowest BCUT2D eigenvalue weighted by atomic mass is 9.94. The first-order valence-electron chi connectivity index (χ1n) is 6.25. The van der Waals surface area contributed by atoms with Gasteiger partial charge in [0.15, 0.2) is 0 Å². The summed E-state index contributed by atoms with van der Waals surface area (Å²) in [7, 11) is 1.97. The van der Waals surface area contributed by atoms with Crippen LogP contribution in [0.1, 0.15) is 31.2 Å². The summed E-state index contributed by atoms with van der Waals surface area (Å²) in [4.78, 5) is 0. The predicted octanol–water partition coefficient (Wildman–Crippen LogP) is 3.66. The molecule has 0 heterocycles. The maximum atomic E-state index is 12.9. The molecule has 0 aromatic heterocycles. The SMILES string of the molecule is CCSCCCC(CNC)c1ccc(F)cc1. The van der Waals surface area contributed by atoms with Gasteiger partial charge in [0.1, 0.15) is 5.82 Å².